The third-order valence-electron chi connectivity index (χ3n) is 5.24. The standard InChI is InChI=1S/C23H25N3OS/c1-16-25-21(22(28-16)19-10-6-3-7-11-19)23(27)26(20(14-24)18-12-13-18)15-17-8-4-2-5-9-17/h2-11,18,20H,12-15,24H2,1H3/t20-/m1/s1. The van der Waals surface area contributed by atoms with Gasteiger partial charge in [0.2, 0.25) is 0 Å². The van der Waals surface area contributed by atoms with Gasteiger partial charge in [-0.3, -0.25) is 4.79 Å². The summed E-state index contributed by atoms with van der Waals surface area (Å²) >= 11 is 1.57. The van der Waals surface area contributed by atoms with Crippen LogP contribution in [0.2, 0.25) is 0 Å². The van der Waals surface area contributed by atoms with E-state index in [4.69, 9.17) is 5.73 Å². The Balaban J connectivity index is 1.71. The van der Waals surface area contributed by atoms with Gasteiger partial charge in [-0.1, -0.05) is 60.7 Å². The molecule has 28 heavy (non-hydrogen) atoms. The molecule has 0 spiro atoms. The lowest BCUT2D eigenvalue weighted by Crippen LogP contribution is -2.45. The van der Waals surface area contributed by atoms with Crippen LogP contribution in [0.3, 0.4) is 0 Å². The minimum absolute atomic E-state index is 0.0191. The van der Waals surface area contributed by atoms with Gasteiger partial charge in [-0.15, -0.1) is 11.3 Å². The van der Waals surface area contributed by atoms with Crippen LogP contribution in [-0.4, -0.2) is 28.4 Å². The monoisotopic (exact) mass is 391 g/mol. The van der Waals surface area contributed by atoms with Crippen molar-refractivity contribution < 1.29 is 4.79 Å². The molecule has 0 aliphatic heterocycles. The quantitative estimate of drug-likeness (QED) is 0.645. The Morgan fingerprint density at radius 2 is 1.79 bits per heavy atom. The van der Waals surface area contributed by atoms with Crippen LogP contribution < -0.4 is 5.73 Å². The largest absolute Gasteiger partial charge is 0.328 e. The van der Waals surface area contributed by atoms with Crippen molar-refractivity contribution in [1.82, 2.24) is 9.88 Å². The highest BCUT2D eigenvalue weighted by molar-refractivity contribution is 7.15. The molecule has 1 fully saturated rings. The molecule has 144 valence electrons. The summed E-state index contributed by atoms with van der Waals surface area (Å²) in [4.78, 5) is 21.2. The summed E-state index contributed by atoms with van der Waals surface area (Å²) in [6.07, 6.45) is 2.28. The maximum absolute atomic E-state index is 13.7. The smallest absolute Gasteiger partial charge is 0.274 e. The van der Waals surface area contributed by atoms with Crippen molar-refractivity contribution in [3.8, 4) is 10.4 Å². The van der Waals surface area contributed by atoms with Crippen molar-refractivity contribution in [2.45, 2.75) is 32.4 Å². The van der Waals surface area contributed by atoms with Crippen molar-refractivity contribution in [1.29, 1.82) is 0 Å². The second-order valence-electron chi connectivity index (χ2n) is 7.34. The molecular formula is C23H25N3OS. The average molecular weight is 392 g/mol. The molecule has 1 aliphatic rings. The summed E-state index contributed by atoms with van der Waals surface area (Å²) < 4.78 is 0. The lowest BCUT2D eigenvalue weighted by atomic mass is 10.1. The Bertz CT molecular complexity index is 935. The predicted molar refractivity (Wildman–Crippen MR) is 114 cm³/mol. The van der Waals surface area contributed by atoms with Crippen LogP contribution in [0.15, 0.2) is 60.7 Å². The molecule has 0 bridgehead atoms. The third kappa shape index (κ3) is 4.01. The van der Waals surface area contributed by atoms with Gasteiger partial charge >= 0.3 is 0 Å². The topological polar surface area (TPSA) is 59.2 Å². The average Bonchev–Trinajstić information content (AvgIpc) is 3.49. The van der Waals surface area contributed by atoms with E-state index in [2.05, 4.69) is 17.1 Å². The Morgan fingerprint density at radius 1 is 1.14 bits per heavy atom. The van der Waals surface area contributed by atoms with Crippen LogP contribution in [0.1, 0.15) is 33.9 Å². The van der Waals surface area contributed by atoms with E-state index >= 15 is 0 Å². The van der Waals surface area contributed by atoms with Crippen molar-refractivity contribution in [2.24, 2.45) is 11.7 Å². The van der Waals surface area contributed by atoms with Gasteiger partial charge in [0.15, 0.2) is 0 Å². The molecule has 4 rings (SSSR count). The molecule has 1 aromatic heterocycles. The Hall–Kier alpha value is -2.50. The van der Waals surface area contributed by atoms with Gasteiger partial charge in [-0.2, -0.15) is 0 Å². The first-order valence-corrected chi connectivity index (χ1v) is 10.6. The van der Waals surface area contributed by atoms with Crippen LogP contribution in [0.5, 0.6) is 0 Å². The first-order valence-electron chi connectivity index (χ1n) is 9.75. The fraction of sp³-hybridized carbons (Fsp3) is 0.304. The fourth-order valence-electron chi connectivity index (χ4n) is 3.67. The van der Waals surface area contributed by atoms with Crippen molar-refractivity contribution in [3.05, 3.63) is 76.9 Å². The number of hydrogen-bond acceptors (Lipinski definition) is 4. The maximum atomic E-state index is 13.7. The Kier molecular flexibility index (Phi) is 5.55. The van der Waals surface area contributed by atoms with Gasteiger partial charge in [0, 0.05) is 19.1 Å². The lowest BCUT2D eigenvalue weighted by Gasteiger charge is -2.31. The summed E-state index contributed by atoms with van der Waals surface area (Å²) in [6, 6.07) is 20.2. The number of aromatic nitrogens is 1. The normalized spacial score (nSPS) is 14.6. The molecule has 1 aliphatic carbocycles. The molecule has 3 aromatic rings. The highest BCUT2D eigenvalue weighted by atomic mass is 32.1. The molecule has 2 aromatic carbocycles. The van der Waals surface area contributed by atoms with Gasteiger partial charge in [-0.25, -0.2) is 4.98 Å². The summed E-state index contributed by atoms with van der Waals surface area (Å²) in [5, 5.41) is 0.901. The zero-order chi connectivity index (χ0) is 19.5. The van der Waals surface area contributed by atoms with Crippen molar-refractivity contribution in [2.75, 3.05) is 6.54 Å². The number of nitrogens with zero attached hydrogens (tertiary/aromatic N) is 2. The number of carbonyl (C=O) groups excluding carboxylic acids is 1. The molecule has 1 atom stereocenters. The minimum atomic E-state index is -0.0191. The van der Waals surface area contributed by atoms with Crippen LogP contribution in [0.4, 0.5) is 0 Å². The van der Waals surface area contributed by atoms with E-state index in [-0.39, 0.29) is 11.9 Å². The minimum Gasteiger partial charge on any atom is -0.328 e. The third-order valence-corrected chi connectivity index (χ3v) is 6.26. The Morgan fingerprint density at radius 3 is 2.39 bits per heavy atom. The molecule has 1 amide bonds. The molecule has 4 nitrogen and oxygen atoms in total. The first-order chi connectivity index (χ1) is 13.7. The number of aryl methyl sites for hydroxylation is 1. The summed E-state index contributed by atoms with van der Waals surface area (Å²) in [5.41, 5.74) is 8.82. The van der Waals surface area contributed by atoms with E-state index in [9.17, 15) is 4.79 Å². The predicted octanol–water partition coefficient (Wildman–Crippen LogP) is 4.50. The zero-order valence-corrected chi connectivity index (χ0v) is 16.9. The molecule has 0 radical (unpaired) electrons. The van der Waals surface area contributed by atoms with Crippen LogP contribution in [0.25, 0.3) is 10.4 Å². The van der Waals surface area contributed by atoms with E-state index in [1.54, 1.807) is 11.3 Å². The van der Waals surface area contributed by atoms with E-state index in [0.29, 0.717) is 24.7 Å². The number of nitrogens with two attached hydrogens (primary N) is 1. The molecule has 1 heterocycles. The van der Waals surface area contributed by atoms with E-state index in [1.807, 2.05) is 60.4 Å². The molecule has 0 unspecified atom stereocenters. The Labute approximate surface area is 170 Å². The zero-order valence-electron chi connectivity index (χ0n) is 16.0. The summed E-state index contributed by atoms with van der Waals surface area (Å²) in [7, 11) is 0. The number of rotatable bonds is 7. The number of thiazole rings is 1. The highest BCUT2D eigenvalue weighted by Gasteiger charge is 2.38. The second kappa shape index (κ2) is 8.25. The first kappa shape index (κ1) is 18.8. The summed E-state index contributed by atoms with van der Waals surface area (Å²) in [5.74, 6) is 0.479. The maximum Gasteiger partial charge on any atom is 0.274 e. The van der Waals surface area contributed by atoms with Gasteiger partial charge < -0.3 is 10.6 Å². The SMILES string of the molecule is Cc1nc(C(=O)N(Cc2ccccc2)[C@H](CN)C2CC2)c(-c2ccccc2)s1. The number of benzene rings is 2. The van der Waals surface area contributed by atoms with Crippen molar-refractivity contribution >= 4 is 17.2 Å². The van der Waals surface area contributed by atoms with E-state index in [1.165, 1.54) is 0 Å². The molecule has 2 N–H and O–H groups in total. The highest BCUT2D eigenvalue weighted by Crippen LogP contribution is 2.37. The van der Waals surface area contributed by atoms with Gasteiger partial charge in [0.25, 0.3) is 5.91 Å². The van der Waals surface area contributed by atoms with Gasteiger partial charge in [-0.05, 0) is 36.8 Å². The van der Waals surface area contributed by atoms with E-state index < -0.39 is 0 Å². The lowest BCUT2D eigenvalue weighted by molar-refractivity contribution is 0.0638. The molecule has 5 heteroatoms. The van der Waals surface area contributed by atoms with Gasteiger partial charge in [0.05, 0.1) is 9.88 Å². The van der Waals surface area contributed by atoms with E-state index in [0.717, 1.165) is 33.9 Å². The van der Waals surface area contributed by atoms with Crippen LogP contribution >= 0.6 is 11.3 Å². The summed E-state index contributed by atoms with van der Waals surface area (Å²) in [6.45, 7) is 2.99. The number of carbonyl (C=O) groups is 1. The molecule has 0 saturated heterocycles. The molecule has 1 saturated carbocycles. The van der Waals surface area contributed by atoms with Crippen LogP contribution in [-0.2, 0) is 6.54 Å². The van der Waals surface area contributed by atoms with Crippen LogP contribution in [0, 0.1) is 12.8 Å². The number of hydrogen-bond donors (Lipinski definition) is 1. The van der Waals surface area contributed by atoms with Crippen molar-refractivity contribution in [3.63, 3.8) is 0 Å². The molecular weight excluding hydrogens is 366 g/mol. The van der Waals surface area contributed by atoms with Gasteiger partial charge in [0.1, 0.15) is 5.69 Å². The fourth-order valence-corrected chi connectivity index (χ4v) is 4.58. The second-order valence-corrected chi connectivity index (χ2v) is 8.54. The number of amides is 1.